The van der Waals surface area contributed by atoms with Gasteiger partial charge in [-0.25, -0.2) is 0 Å². The molecule has 2 heterocycles. The number of carbonyl (C=O) groups is 1. The zero-order valence-electron chi connectivity index (χ0n) is 12.4. The number of fused-ring (bicyclic) bond motifs is 1. The lowest BCUT2D eigenvalue weighted by atomic mass is 10.0. The minimum absolute atomic E-state index is 0.0443. The molecule has 0 saturated heterocycles. The summed E-state index contributed by atoms with van der Waals surface area (Å²) in [5.74, 6) is -0.0443. The molecular weight excluding hydrogens is 262 g/mol. The summed E-state index contributed by atoms with van der Waals surface area (Å²) in [5, 5.41) is 6.39. The highest BCUT2D eigenvalue weighted by Gasteiger charge is 2.13. The van der Waals surface area contributed by atoms with Crippen LogP contribution in [0, 0.1) is 0 Å². The van der Waals surface area contributed by atoms with Crippen molar-refractivity contribution < 1.29 is 4.79 Å². The number of nitrogens with one attached hydrogen (secondary N) is 2. The van der Waals surface area contributed by atoms with Gasteiger partial charge in [0.05, 0.1) is 0 Å². The van der Waals surface area contributed by atoms with Crippen LogP contribution in [-0.2, 0) is 13.0 Å². The number of aromatic nitrogens is 1. The van der Waals surface area contributed by atoms with Gasteiger partial charge in [0.1, 0.15) is 5.69 Å². The molecule has 1 aromatic heterocycles. The molecule has 1 aromatic carbocycles. The normalized spacial score (nSPS) is 13.4. The maximum absolute atomic E-state index is 12.4. The lowest BCUT2D eigenvalue weighted by Crippen LogP contribution is -2.17. The van der Waals surface area contributed by atoms with Crippen LogP contribution in [0.4, 0.5) is 11.4 Å². The minimum atomic E-state index is -0.0443. The summed E-state index contributed by atoms with van der Waals surface area (Å²) in [6.07, 6.45) is 5.18. The molecule has 1 aliphatic heterocycles. The Balaban J connectivity index is 1.76. The number of amides is 1. The average Bonchev–Trinajstić information content (AvgIpc) is 2.96. The summed E-state index contributed by atoms with van der Waals surface area (Å²) in [5.41, 5.74) is 4.05. The fourth-order valence-electron chi connectivity index (χ4n) is 2.80. The van der Waals surface area contributed by atoms with Crippen LogP contribution in [0.1, 0.15) is 35.8 Å². The highest BCUT2D eigenvalue weighted by atomic mass is 16.1. The van der Waals surface area contributed by atoms with Crippen molar-refractivity contribution in [1.82, 2.24) is 4.57 Å². The lowest BCUT2D eigenvalue weighted by Gasteiger charge is -2.19. The van der Waals surface area contributed by atoms with E-state index in [1.165, 1.54) is 11.3 Å². The predicted molar refractivity (Wildman–Crippen MR) is 85.9 cm³/mol. The molecule has 0 spiro atoms. The molecule has 4 nitrogen and oxygen atoms in total. The van der Waals surface area contributed by atoms with E-state index in [1.807, 2.05) is 29.0 Å². The Hall–Kier alpha value is -2.23. The van der Waals surface area contributed by atoms with Crippen molar-refractivity contribution in [3.05, 3.63) is 47.8 Å². The van der Waals surface area contributed by atoms with Crippen LogP contribution in [0.5, 0.6) is 0 Å². The second kappa shape index (κ2) is 6.04. The highest BCUT2D eigenvalue weighted by Crippen LogP contribution is 2.25. The molecule has 2 aromatic rings. The van der Waals surface area contributed by atoms with Crippen LogP contribution >= 0.6 is 0 Å². The molecule has 0 unspecified atom stereocenters. The van der Waals surface area contributed by atoms with E-state index in [9.17, 15) is 4.79 Å². The topological polar surface area (TPSA) is 46.1 Å². The first-order chi connectivity index (χ1) is 10.3. The Kier molecular flexibility index (Phi) is 3.95. The standard InChI is InChI=1S/C17H21N3O/c1-2-10-20-11-4-6-16(20)17(21)19-14-7-8-15-13(12-14)5-3-9-18-15/h4,6-8,11-12,18H,2-3,5,9-10H2,1H3,(H,19,21). The zero-order valence-corrected chi connectivity index (χ0v) is 12.4. The number of nitrogens with zero attached hydrogens (tertiary/aromatic N) is 1. The Morgan fingerprint density at radius 2 is 2.29 bits per heavy atom. The van der Waals surface area contributed by atoms with E-state index < -0.39 is 0 Å². The molecular formula is C17H21N3O. The first kappa shape index (κ1) is 13.7. The number of anilines is 2. The quantitative estimate of drug-likeness (QED) is 0.902. The van der Waals surface area contributed by atoms with Gasteiger partial charge in [-0.15, -0.1) is 0 Å². The summed E-state index contributed by atoms with van der Waals surface area (Å²) in [6.45, 7) is 4.01. The molecule has 0 radical (unpaired) electrons. The largest absolute Gasteiger partial charge is 0.385 e. The lowest BCUT2D eigenvalue weighted by molar-refractivity contribution is 0.101. The molecule has 1 amide bonds. The van der Waals surface area contributed by atoms with Gasteiger partial charge in [-0.1, -0.05) is 6.92 Å². The molecule has 0 saturated carbocycles. The summed E-state index contributed by atoms with van der Waals surface area (Å²) in [4.78, 5) is 12.4. The van der Waals surface area contributed by atoms with Gasteiger partial charge < -0.3 is 15.2 Å². The molecule has 21 heavy (non-hydrogen) atoms. The number of rotatable bonds is 4. The van der Waals surface area contributed by atoms with Crippen molar-refractivity contribution in [3.63, 3.8) is 0 Å². The number of hydrogen-bond acceptors (Lipinski definition) is 2. The Morgan fingerprint density at radius 1 is 1.38 bits per heavy atom. The van der Waals surface area contributed by atoms with Gasteiger partial charge >= 0.3 is 0 Å². The third kappa shape index (κ3) is 2.94. The van der Waals surface area contributed by atoms with Gasteiger partial charge in [0.15, 0.2) is 0 Å². The first-order valence-electron chi connectivity index (χ1n) is 7.61. The second-order valence-corrected chi connectivity index (χ2v) is 5.44. The van der Waals surface area contributed by atoms with Gasteiger partial charge in [-0.3, -0.25) is 4.79 Å². The molecule has 0 aliphatic carbocycles. The molecule has 0 bridgehead atoms. The van der Waals surface area contributed by atoms with E-state index in [0.29, 0.717) is 5.69 Å². The summed E-state index contributed by atoms with van der Waals surface area (Å²) in [7, 11) is 0. The fraction of sp³-hybridized carbons (Fsp3) is 0.353. The average molecular weight is 283 g/mol. The van der Waals surface area contributed by atoms with Gasteiger partial charge in [-0.05, 0) is 55.2 Å². The van der Waals surface area contributed by atoms with Crippen molar-refractivity contribution in [1.29, 1.82) is 0 Å². The number of carbonyl (C=O) groups excluding carboxylic acids is 1. The first-order valence-corrected chi connectivity index (χ1v) is 7.61. The number of benzene rings is 1. The maximum atomic E-state index is 12.4. The summed E-state index contributed by atoms with van der Waals surface area (Å²) in [6, 6.07) is 9.87. The monoisotopic (exact) mass is 283 g/mol. The van der Waals surface area contributed by atoms with Crippen LogP contribution in [0.2, 0.25) is 0 Å². The Bertz CT molecular complexity index is 645. The van der Waals surface area contributed by atoms with E-state index >= 15 is 0 Å². The van der Waals surface area contributed by atoms with Gasteiger partial charge in [0.2, 0.25) is 0 Å². The number of aryl methyl sites for hydroxylation is 2. The smallest absolute Gasteiger partial charge is 0.272 e. The van der Waals surface area contributed by atoms with Crippen molar-refractivity contribution in [2.24, 2.45) is 0 Å². The van der Waals surface area contributed by atoms with Crippen molar-refractivity contribution >= 4 is 17.3 Å². The number of hydrogen-bond donors (Lipinski definition) is 2. The predicted octanol–water partition coefficient (Wildman–Crippen LogP) is 3.51. The fourth-order valence-corrected chi connectivity index (χ4v) is 2.80. The van der Waals surface area contributed by atoms with Crippen LogP contribution in [0.25, 0.3) is 0 Å². The molecule has 2 N–H and O–H groups in total. The molecule has 110 valence electrons. The van der Waals surface area contributed by atoms with E-state index in [-0.39, 0.29) is 5.91 Å². The van der Waals surface area contributed by atoms with Crippen LogP contribution in [0.15, 0.2) is 36.5 Å². The van der Waals surface area contributed by atoms with E-state index in [1.54, 1.807) is 0 Å². The SMILES string of the molecule is CCCn1cccc1C(=O)Nc1ccc2c(c1)CCCN2. The molecule has 0 fully saturated rings. The van der Waals surface area contributed by atoms with Crippen LogP contribution < -0.4 is 10.6 Å². The Morgan fingerprint density at radius 3 is 3.14 bits per heavy atom. The van der Waals surface area contributed by atoms with E-state index in [0.717, 1.165) is 38.0 Å². The van der Waals surface area contributed by atoms with E-state index in [2.05, 4.69) is 29.7 Å². The van der Waals surface area contributed by atoms with Crippen LogP contribution in [0.3, 0.4) is 0 Å². The van der Waals surface area contributed by atoms with E-state index in [4.69, 9.17) is 0 Å². The molecule has 3 rings (SSSR count). The molecule has 4 heteroatoms. The zero-order chi connectivity index (χ0) is 14.7. The molecule has 0 atom stereocenters. The van der Waals surface area contributed by atoms with Gasteiger partial charge in [0, 0.05) is 30.7 Å². The summed E-state index contributed by atoms with van der Waals surface area (Å²) < 4.78 is 2.00. The van der Waals surface area contributed by atoms with Gasteiger partial charge in [-0.2, -0.15) is 0 Å². The minimum Gasteiger partial charge on any atom is -0.385 e. The van der Waals surface area contributed by atoms with Crippen LogP contribution in [-0.4, -0.2) is 17.0 Å². The third-order valence-corrected chi connectivity index (χ3v) is 3.83. The maximum Gasteiger partial charge on any atom is 0.272 e. The van der Waals surface area contributed by atoms with Crippen molar-refractivity contribution in [3.8, 4) is 0 Å². The van der Waals surface area contributed by atoms with Gasteiger partial charge in [0.25, 0.3) is 5.91 Å². The summed E-state index contributed by atoms with van der Waals surface area (Å²) >= 11 is 0. The Labute approximate surface area is 125 Å². The van der Waals surface area contributed by atoms with Crippen molar-refractivity contribution in [2.45, 2.75) is 32.7 Å². The van der Waals surface area contributed by atoms with Crippen molar-refractivity contribution in [2.75, 3.05) is 17.2 Å². The highest BCUT2D eigenvalue weighted by molar-refractivity contribution is 6.03. The second-order valence-electron chi connectivity index (χ2n) is 5.44. The molecule has 1 aliphatic rings. The third-order valence-electron chi connectivity index (χ3n) is 3.83.